The van der Waals surface area contributed by atoms with E-state index in [1.54, 1.807) is 30.3 Å². The quantitative estimate of drug-likeness (QED) is 0.394. The van der Waals surface area contributed by atoms with Gasteiger partial charge in [-0.1, -0.05) is 30.3 Å². The molecule has 0 saturated heterocycles. The fourth-order valence-corrected chi connectivity index (χ4v) is 2.92. The molecule has 0 bridgehead atoms. The Morgan fingerprint density at radius 2 is 1.72 bits per heavy atom. The van der Waals surface area contributed by atoms with Crippen molar-refractivity contribution in [1.82, 2.24) is 20.4 Å². The van der Waals surface area contributed by atoms with E-state index in [0.29, 0.717) is 5.69 Å². The first-order chi connectivity index (χ1) is 15.1. The molecule has 0 aliphatic rings. The highest BCUT2D eigenvalue weighted by Crippen LogP contribution is 2.30. The number of nitrogens with two attached hydrogens (primary N) is 1. The maximum Gasteiger partial charge on any atom is 0.420 e. The van der Waals surface area contributed by atoms with Crippen LogP contribution in [0.3, 0.4) is 0 Å². The van der Waals surface area contributed by atoms with Gasteiger partial charge in [-0.3, -0.25) is 4.79 Å². The monoisotopic (exact) mass is 451 g/mol. The number of aromatic nitrogens is 2. The molecule has 3 rings (SSSR count). The Morgan fingerprint density at radius 1 is 1.06 bits per heavy atom. The van der Waals surface area contributed by atoms with E-state index in [1.165, 1.54) is 24.3 Å². The zero-order chi connectivity index (χ0) is 23.4. The summed E-state index contributed by atoms with van der Waals surface area (Å²) in [7, 11) is 0. The molecule has 1 heterocycles. The Bertz CT molecular complexity index is 1050. The number of carbonyl (C=O) groups excluding carboxylic acids is 1. The summed E-state index contributed by atoms with van der Waals surface area (Å²) in [5.74, 6) is -1.57. The Balaban J connectivity index is 1.67. The van der Waals surface area contributed by atoms with Crippen molar-refractivity contribution >= 4 is 11.7 Å². The highest BCUT2D eigenvalue weighted by Gasteiger charge is 2.53. The van der Waals surface area contributed by atoms with E-state index >= 15 is 0 Å². The van der Waals surface area contributed by atoms with Crippen molar-refractivity contribution in [2.45, 2.75) is 18.3 Å². The van der Waals surface area contributed by atoms with Crippen molar-refractivity contribution in [2.24, 2.45) is 0 Å². The number of hydrogen-bond acceptors (Lipinski definition) is 5. The molecular formula is C21H21F4N5O2. The lowest BCUT2D eigenvalue weighted by Gasteiger charge is -2.31. The fraction of sp³-hybridized carbons (Fsp3) is 0.238. The first-order valence-corrected chi connectivity index (χ1v) is 9.52. The first kappa shape index (κ1) is 23.2. The number of alkyl halides is 3. The van der Waals surface area contributed by atoms with Gasteiger partial charge >= 0.3 is 6.18 Å². The Hall–Kier alpha value is -3.44. The number of anilines is 1. The van der Waals surface area contributed by atoms with Gasteiger partial charge in [0.1, 0.15) is 17.2 Å². The smallest absolute Gasteiger partial charge is 0.383 e. The summed E-state index contributed by atoms with van der Waals surface area (Å²) in [5, 5.41) is 18.8. The zero-order valence-corrected chi connectivity index (χ0v) is 16.7. The van der Waals surface area contributed by atoms with E-state index < -0.39 is 36.6 Å². The summed E-state index contributed by atoms with van der Waals surface area (Å²) in [6, 6.07) is 13.8. The first-order valence-electron chi connectivity index (χ1n) is 9.52. The summed E-state index contributed by atoms with van der Waals surface area (Å²) in [6.45, 7) is -1.83. The molecule has 0 aliphatic heterocycles. The van der Waals surface area contributed by atoms with Crippen LogP contribution in [0, 0.1) is 5.82 Å². The average molecular weight is 451 g/mol. The van der Waals surface area contributed by atoms with Gasteiger partial charge in [0.25, 0.3) is 5.91 Å². The predicted octanol–water partition coefficient (Wildman–Crippen LogP) is 2.41. The second kappa shape index (κ2) is 9.37. The van der Waals surface area contributed by atoms with Crippen molar-refractivity contribution < 1.29 is 27.5 Å². The Labute approximate surface area is 180 Å². The third-order valence-corrected chi connectivity index (χ3v) is 4.78. The zero-order valence-electron chi connectivity index (χ0n) is 16.7. The molecule has 170 valence electrons. The van der Waals surface area contributed by atoms with Crippen molar-refractivity contribution in [1.29, 1.82) is 0 Å². The molecule has 5 N–H and O–H groups in total. The molecule has 1 atom stereocenters. The van der Waals surface area contributed by atoms with Gasteiger partial charge in [0.2, 0.25) is 0 Å². The molecule has 0 saturated carbocycles. The van der Waals surface area contributed by atoms with E-state index in [-0.39, 0.29) is 17.9 Å². The summed E-state index contributed by atoms with van der Waals surface area (Å²) in [5.41, 5.74) is 3.60. The largest absolute Gasteiger partial charge is 0.420 e. The number of aliphatic hydroxyl groups is 1. The van der Waals surface area contributed by atoms with Crippen LogP contribution < -0.4 is 16.4 Å². The molecule has 0 spiro atoms. The van der Waals surface area contributed by atoms with Gasteiger partial charge < -0.3 is 21.5 Å². The van der Waals surface area contributed by atoms with Crippen LogP contribution >= 0.6 is 0 Å². The van der Waals surface area contributed by atoms with Gasteiger partial charge in [0.05, 0.1) is 18.4 Å². The number of benzene rings is 2. The second-order valence-corrected chi connectivity index (χ2v) is 7.13. The van der Waals surface area contributed by atoms with Crippen LogP contribution in [0.2, 0.25) is 0 Å². The maximum absolute atomic E-state index is 13.5. The van der Waals surface area contributed by atoms with Crippen molar-refractivity contribution in [3.8, 4) is 5.69 Å². The lowest BCUT2D eigenvalue weighted by molar-refractivity contribution is -0.255. The lowest BCUT2D eigenvalue weighted by Crippen LogP contribution is -2.59. The molecule has 7 nitrogen and oxygen atoms in total. The molecule has 0 aliphatic carbocycles. The number of rotatable bonds is 8. The van der Waals surface area contributed by atoms with Crippen molar-refractivity contribution in [3.63, 3.8) is 0 Å². The van der Waals surface area contributed by atoms with Crippen LogP contribution in [0.1, 0.15) is 15.9 Å². The van der Waals surface area contributed by atoms with Gasteiger partial charge in [-0.15, -0.1) is 0 Å². The second-order valence-electron chi connectivity index (χ2n) is 7.13. The third-order valence-electron chi connectivity index (χ3n) is 4.78. The number of halogens is 4. The van der Waals surface area contributed by atoms with Crippen molar-refractivity contribution in [2.75, 3.05) is 18.8 Å². The van der Waals surface area contributed by atoms with Crippen LogP contribution in [0.15, 0.2) is 60.8 Å². The van der Waals surface area contributed by atoms with E-state index in [4.69, 9.17) is 5.73 Å². The van der Waals surface area contributed by atoms with E-state index in [0.717, 1.165) is 16.4 Å². The molecule has 1 amide bonds. The SMILES string of the molecule is Nc1c(C(=O)NCC(O)(CNCc2ccccc2)C(F)(F)F)cnn1-c1ccc(F)cc1. The standard InChI is InChI=1S/C21H21F4N5O2/c22-15-6-8-16(9-7-15)30-18(26)17(11-29-30)19(31)28-13-20(32,21(23,24)25)12-27-10-14-4-2-1-3-5-14/h1-9,11,27,32H,10,12-13,26H2,(H,28,31). The molecule has 1 unspecified atom stereocenters. The Kier molecular flexibility index (Phi) is 6.80. The van der Waals surface area contributed by atoms with Crippen LogP contribution in [0.25, 0.3) is 5.69 Å². The summed E-state index contributed by atoms with van der Waals surface area (Å²) in [6.07, 6.45) is -3.93. The lowest BCUT2D eigenvalue weighted by atomic mass is 10.0. The molecule has 3 aromatic rings. The predicted molar refractivity (Wildman–Crippen MR) is 109 cm³/mol. The molecule has 0 radical (unpaired) electrons. The van der Waals surface area contributed by atoms with Crippen LogP contribution in [-0.2, 0) is 6.54 Å². The number of nitrogens with one attached hydrogen (secondary N) is 2. The summed E-state index contributed by atoms with van der Waals surface area (Å²) >= 11 is 0. The minimum Gasteiger partial charge on any atom is -0.383 e. The highest BCUT2D eigenvalue weighted by molar-refractivity contribution is 5.98. The Morgan fingerprint density at radius 3 is 2.34 bits per heavy atom. The number of nitrogen functional groups attached to an aromatic ring is 1. The summed E-state index contributed by atoms with van der Waals surface area (Å²) in [4.78, 5) is 12.4. The van der Waals surface area contributed by atoms with Gasteiger partial charge in [-0.25, -0.2) is 9.07 Å². The van der Waals surface area contributed by atoms with Gasteiger partial charge in [-0.2, -0.15) is 18.3 Å². The number of carbonyl (C=O) groups is 1. The van der Waals surface area contributed by atoms with E-state index in [9.17, 15) is 27.5 Å². The molecule has 1 aromatic heterocycles. The maximum atomic E-state index is 13.5. The number of amides is 1. The van der Waals surface area contributed by atoms with Crippen molar-refractivity contribution in [3.05, 3.63) is 77.7 Å². The molecule has 32 heavy (non-hydrogen) atoms. The molecule has 2 aromatic carbocycles. The minimum atomic E-state index is -5.01. The van der Waals surface area contributed by atoms with Gasteiger partial charge in [-0.05, 0) is 29.8 Å². The van der Waals surface area contributed by atoms with E-state index in [1.807, 2.05) is 0 Å². The molecule has 0 fully saturated rings. The van der Waals surface area contributed by atoms with Crippen LogP contribution in [0.5, 0.6) is 0 Å². The molecular weight excluding hydrogens is 430 g/mol. The number of hydrogen-bond donors (Lipinski definition) is 4. The third kappa shape index (κ3) is 5.24. The summed E-state index contributed by atoms with van der Waals surface area (Å²) < 4.78 is 54.8. The van der Waals surface area contributed by atoms with Crippen LogP contribution in [0.4, 0.5) is 23.4 Å². The normalized spacial score (nSPS) is 13.5. The molecule has 11 heteroatoms. The van der Waals surface area contributed by atoms with E-state index in [2.05, 4.69) is 15.7 Å². The van der Waals surface area contributed by atoms with Crippen LogP contribution in [-0.4, -0.2) is 45.7 Å². The van der Waals surface area contributed by atoms with Gasteiger partial charge in [0, 0.05) is 13.1 Å². The number of nitrogens with zero attached hydrogens (tertiary/aromatic N) is 2. The average Bonchev–Trinajstić information content (AvgIpc) is 3.14. The topological polar surface area (TPSA) is 105 Å². The minimum absolute atomic E-state index is 0.102. The fourth-order valence-electron chi connectivity index (χ4n) is 2.92. The van der Waals surface area contributed by atoms with Gasteiger partial charge in [0.15, 0.2) is 5.60 Å². The highest BCUT2D eigenvalue weighted by atomic mass is 19.4.